The lowest BCUT2D eigenvalue weighted by Gasteiger charge is -2.36. The third kappa shape index (κ3) is 5.37. The number of ether oxygens (including phenoxy) is 1. The van der Waals surface area contributed by atoms with Gasteiger partial charge in [0.05, 0.1) is 13.2 Å². The van der Waals surface area contributed by atoms with Crippen LogP contribution in [0.15, 0.2) is 24.3 Å². The smallest absolute Gasteiger partial charge is 0.237 e. The van der Waals surface area contributed by atoms with E-state index in [9.17, 15) is 4.79 Å². The Kier molecular flexibility index (Phi) is 8.37. The summed E-state index contributed by atoms with van der Waals surface area (Å²) < 4.78 is 5.31. The van der Waals surface area contributed by atoms with Gasteiger partial charge in [0.1, 0.15) is 5.75 Å². The summed E-state index contributed by atoms with van der Waals surface area (Å²) in [5.41, 5.74) is 0.997. The van der Waals surface area contributed by atoms with E-state index >= 15 is 0 Å². The number of methoxy groups -OCH3 is 1. The number of nitrogens with zero attached hydrogens (tertiary/aromatic N) is 1. The average Bonchev–Trinajstić information content (AvgIpc) is 2.59. The summed E-state index contributed by atoms with van der Waals surface area (Å²) in [6.07, 6.45) is 2.32. The number of rotatable bonds is 6. The molecular formula is C17H28ClN3O2. The summed E-state index contributed by atoms with van der Waals surface area (Å²) in [5, 5.41) is 6.33. The third-order valence-electron chi connectivity index (χ3n) is 4.43. The SMILES string of the molecule is CNC1CCCN(C(C)C(=O)NCc2ccccc2OC)C1.Cl. The molecule has 0 aliphatic carbocycles. The van der Waals surface area contributed by atoms with Crippen LogP contribution < -0.4 is 15.4 Å². The molecule has 2 rings (SSSR count). The summed E-state index contributed by atoms with van der Waals surface area (Å²) in [7, 11) is 3.63. The Labute approximate surface area is 145 Å². The fourth-order valence-electron chi connectivity index (χ4n) is 2.94. The van der Waals surface area contributed by atoms with E-state index in [0.29, 0.717) is 12.6 Å². The number of para-hydroxylation sites is 1. The minimum atomic E-state index is -0.106. The standard InChI is InChI=1S/C17H27N3O2.ClH/c1-13(20-10-6-8-15(12-20)18-2)17(21)19-11-14-7-4-5-9-16(14)22-3;/h4-5,7,9,13,15,18H,6,8,10-12H2,1-3H3,(H,19,21);1H. The Bertz CT molecular complexity index is 498. The molecule has 0 bridgehead atoms. The largest absolute Gasteiger partial charge is 0.496 e. The van der Waals surface area contributed by atoms with Crippen molar-refractivity contribution in [1.29, 1.82) is 0 Å². The molecule has 6 heteroatoms. The molecular weight excluding hydrogens is 314 g/mol. The van der Waals surface area contributed by atoms with E-state index in [1.807, 2.05) is 38.2 Å². The second kappa shape index (κ2) is 9.75. The molecule has 1 aliphatic heterocycles. The van der Waals surface area contributed by atoms with Crippen molar-refractivity contribution in [3.8, 4) is 5.75 Å². The molecule has 5 nitrogen and oxygen atoms in total. The Morgan fingerprint density at radius 3 is 2.87 bits per heavy atom. The van der Waals surface area contributed by atoms with E-state index in [-0.39, 0.29) is 24.4 Å². The zero-order chi connectivity index (χ0) is 15.9. The molecule has 2 atom stereocenters. The maximum Gasteiger partial charge on any atom is 0.237 e. The lowest BCUT2D eigenvalue weighted by Crippen LogP contribution is -2.52. The van der Waals surface area contributed by atoms with Gasteiger partial charge in [-0.1, -0.05) is 18.2 Å². The molecule has 0 aromatic heterocycles. The van der Waals surface area contributed by atoms with Crippen molar-refractivity contribution in [2.75, 3.05) is 27.2 Å². The van der Waals surface area contributed by atoms with Crippen LogP contribution in [0.1, 0.15) is 25.3 Å². The van der Waals surface area contributed by atoms with Crippen LogP contribution in [0, 0.1) is 0 Å². The van der Waals surface area contributed by atoms with Crippen LogP contribution in [0.5, 0.6) is 5.75 Å². The number of hydrogen-bond donors (Lipinski definition) is 2. The first-order chi connectivity index (χ1) is 10.7. The van der Waals surface area contributed by atoms with Crippen molar-refractivity contribution in [3.05, 3.63) is 29.8 Å². The number of hydrogen-bond acceptors (Lipinski definition) is 4. The molecule has 130 valence electrons. The van der Waals surface area contributed by atoms with E-state index in [1.54, 1.807) is 7.11 Å². The normalized spacial score (nSPS) is 19.5. The summed E-state index contributed by atoms with van der Waals surface area (Å²) in [4.78, 5) is 14.6. The molecule has 1 heterocycles. The molecule has 1 amide bonds. The van der Waals surface area contributed by atoms with Gasteiger partial charge in [-0.3, -0.25) is 9.69 Å². The minimum Gasteiger partial charge on any atom is -0.496 e. The molecule has 1 aromatic rings. The van der Waals surface area contributed by atoms with Gasteiger partial charge < -0.3 is 15.4 Å². The highest BCUT2D eigenvalue weighted by molar-refractivity contribution is 5.85. The molecule has 0 spiro atoms. The number of likely N-dealkylation sites (tertiary alicyclic amines) is 1. The summed E-state index contributed by atoms with van der Waals surface area (Å²) in [6.45, 7) is 4.40. The van der Waals surface area contributed by atoms with Crippen LogP contribution in [0.25, 0.3) is 0 Å². The third-order valence-corrected chi connectivity index (χ3v) is 4.43. The van der Waals surface area contributed by atoms with Crippen molar-refractivity contribution < 1.29 is 9.53 Å². The molecule has 2 unspecified atom stereocenters. The number of halogens is 1. The van der Waals surface area contributed by atoms with E-state index < -0.39 is 0 Å². The Morgan fingerprint density at radius 1 is 1.43 bits per heavy atom. The van der Waals surface area contributed by atoms with Crippen molar-refractivity contribution in [1.82, 2.24) is 15.5 Å². The first-order valence-corrected chi connectivity index (χ1v) is 7.96. The van der Waals surface area contributed by atoms with Crippen LogP contribution in [-0.4, -0.2) is 50.1 Å². The van der Waals surface area contributed by atoms with Gasteiger partial charge in [0, 0.05) is 24.7 Å². The van der Waals surface area contributed by atoms with Gasteiger partial charge in [-0.2, -0.15) is 0 Å². The number of nitrogens with one attached hydrogen (secondary N) is 2. The van der Waals surface area contributed by atoms with Crippen molar-refractivity contribution in [3.63, 3.8) is 0 Å². The predicted octanol–water partition coefficient (Wildman–Crippen LogP) is 1.81. The van der Waals surface area contributed by atoms with Crippen molar-refractivity contribution >= 4 is 18.3 Å². The van der Waals surface area contributed by atoms with Gasteiger partial charge in [-0.15, -0.1) is 12.4 Å². The highest BCUT2D eigenvalue weighted by atomic mass is 35.5. The topological polar surface area (TPSA) is 53.6 Å². The number of amides is 1. The number of piperidine rings is 1. The molecule has 1 aliphatic rings. The second-order valence-electron chi connectivity index (χ2n) is 5.83. The maximum atomic E-state index is 12.4. The van der Waals surface area contributed by atoms with Crippen LogP contribution >= 0.6 is 12.4 Å². The molecule has 0 saturated carbocycles. The summed E-state index contributed by atoms with van der Waals surface area (Å²) in [5.74, 6) is 0.881. The van der Waals surface area contributed by atoms with Gasteiger partial charge in [-0.25, -0.2) is 0 Å². The minimum absolute atomic E-state index is 0. The molecule has 2 N–H and O–H groups in total. The molecule has 0 radical (unpaired) electrons. The molecule has 1 fully saturated rings. The first-order valence-electron chi connectivity index (χ1n) is 7.96. The number of benzene rings is 1. The first kappa shape index (κ1) is 19.7. The summed E-state index contributed by atoms with van der Waals surface area (Å²) in [6, 6.07) is 8.15. The quantitative estimate of drug-likeness (QED) is 0.828. The number of likely N-dealkylation sites (N-methyl/N-ethyl adjacent to an activating group) is 1. The summed E-state index contributed by atoms with van der Waals surface area (Å²) >= 11 is 0. The number of carbonyl (C=O) groups is 1. The van der Waals surface area contributed by atoms with Crippen LogP contribution in [0.3, 0.4) is 0 Å². The fraction of sp³-hybridized carbons (Fsp3) is 0.588. The lowest BCUT2D eigenvalue weighted by atomic mass is 10.0. The van der Waals surface area contributed by atoms with E-state index in [1.165, 1.54) is 6.42 Å². The molecule has 1 saturated heterocycles. The lowest BCUT2D eigenvalue weighted by molar-refractivity contribution is -0.126. The second-order valence-corrected chi connectivity index (χ2v) is 5.83. The molecule has 1 aromatic carbocycles. The average molecular weight is 342 g/mol. The van der Waals surface area contributed by atoms with Gasteiger partial charge in [0.25, 0.3) is 0 Å². The van der Waals surface area contributed by atoms with Crippen LogP contribution in [0.4, 0.5) is 0 Å². The van der Waals surface area contributed by atoms with Crippen LogP contribution in [-0.2, 0) is 11.3 Å². The highest BCUT2D eigenvalue weighted by Crippen LogP contribution is 2.17. The number of carbonyl (C=O) groups excluding carboxylic acids is 1. The Hall–Kier alpha value is -1.30. The monoisotopic (exact) mass is 341 g/mol. The van der Waals surface area contributed by atoms with E-state index in [4.69, 9.17) is 4.74 Å². The zero-order valence-corrected chi connectivity index (χ0v) is 15.0. The van der Waals surface area contributed by atoms with Crippen LogP contribution in [0.2, 0.25) is 0 Å². The van der Waals surface area contributed by atoms with Gasteiger partial charge >= 0.3 is 0 Å². The van der Waals surface area contributed by atoms with Gasteiger partial charge in [0.15, 0.2) is 0 Å². The van der Waals surface area contributed by atoms with Gasteiger partial charge in [-0.05, 0) is 39.4 Å². The van der Waals surface area contributed by atoms with Crippen molar-refractivity contribution in [2.45, 2.75) is 38.4 Å². The highest BCUT2D eigenvalue weighted by Gasteiger charge is 2.26. The van der Waals surface area contributed by atoms with Gasteiger partial charge in [0.2, 0.25) is 5.91 Å². The maximum absolute atomic E-state index is 12.4. The van der Waals surface area contributed by atoms with E-state index in [0.717, 1.165) is 30.8 Å². The Balaban J connectivity index is 0.00000264. The van der Waals surface area contributed by atoms with E-state index in [2.05, 4.69) is 15.5 Å². The molecule has 23 heavy (non-hydrogen) atoms. The predicted molar refractivity (Wildman–Crippen MR) is 95.2 cm³/mol. The zero-order valence-electron chi connectivity index (χ0n) is 14.2. The van der Waals surface area contributed by atoms with Crippen molar-refractivity contribution in [2.24, 2.45) is 0 Å². The fourth-order valence-corrected chi connectivity index (χ4v) is 2.94. The Morgan fingerprint density at radius 2 is 2.17 bits per heavy atom.